The van der Waals surface area contributed by atoms with Crippen molar-refractivity contribution in [3.8, 4) is 0 Å². The molecule has 15 heavy (non-hydrogen) atoms. The number of anilines is 1. The number of carbonyl (C=O) groups excluding carboxylic acids is 1. The second-order valence-electron chi connectivity index (χ2n) is 3.53. The zero-order valence-electron chi connectivity index (χ0n) is 7.89. The Kier molecular flexibility index (Phi) is 2.53. The second-order valence-corrected chi connectivity index (χ2v) is 3.53. The lowest BCUT2D eigenvalue weighted by atomic mass is 10.3. The standard InChI is InChI=1S/C10H10F2N2O/c11-6-3-7(12)5-9(4-6)14-10(15)13-8-1-2-8/h3-5,8H,1-2H2,(H2,13,14,15). The van der Waals surface area contributed by atoms with Crippen molar-refractivity contribution in [2.24, 2.45) is 0 Å². The first-order valence-electron chi connectivity index (χ1n) is 4.67. The van der Waals surface area contributed by atoms with E-state index in [-0.39, 0.29) is 11.7 Å². The van der Waals surface area contributed by atoms with Crippen molar-refractivity contribution in [1.29, 1.82) is 0 Å². The summed E-state index contributed by atoms with van der Waals surface area (Å²) in [5.74, 6) is -1.42. The van der Waals surface area contributed by atoms with Crippen molar-refractivity contribution < 1.29 is 13.6 Å². The van der Waals surface area contributed by atoms with Gasteiger partial charge >= 0.3 is 6.03 Å². The van der Waals surface area contributed by atoms with Crippen LogP contribution in [-0.2, 0) is 0 Å². The van der Waals surface area contributed by atoms with Crippen molar-refractivity contribution >= 4 is 11.7 Å². The Hall–Kier alpha value is -1.65. The maximum atomic E-state index is 12.7. The van der Waals surface area contributed by atoms with Gasteiger partial charge in [0.15, 0.2) is 0 Å². The third kappa shape index (κ3) is 2.90. The van der Waals surface area contributed by atoms with Gasteiger partial charge in [-0.1, -0.05) is 0 Å². The van der Waals surface area contributed by atoms with Gasteiger partial charge in [0, 0.05) is 17.8 Å². The number of hydrogen-bond donors (Lipinski definition) is 2. The highest BCUT2D eigenvalue weighted by Gasteiger charge is 2.23. The molecule has 2 N–H and O–H groups in total. The highest BCUT2D eigenvalue weighted by molar-refractivity contribution is 5.89. The average Bonchev–Trinajstić information content (AvgIpc) is 2.85. The Labute approximate surface area is 85.5 Å². The minimum Gasteiger partial charge on any atom is -0.335 e. The van der Waals surface area contributed by atoms with Crippen LogP contribution in [0.3, 0.4) is 0 Å². The minimum atomic E-state index is -0.711. The number of amides is 2. The molecule has 1 aliphatic rings. The van der Waals surface area contributed by atoms with Gasteiger partial charge < -0.3 is 10.6 Å². The van der Waals surface area contributed by atoms with Gasteiger partial charge in [0.05, 0.1) is 0 Å². The van der Waals surface area contributed by atoms with Crippen molar-refractivity contribution in [3.05, 3.63) is 29.8 Å². The largest absolute Gasteiger partial charge is 0.335 e. The zero-order valence-corrected chi connectivity index (χ0v) is 7.89. The molecule has 0 radical (unpaired) electrons. The van der Waals surface area contributed by atoms with Gasteiger partial charge in [0.2, 0.25) is 0 Å². The van der Waals surface area contributed by atoms with Crippen LogP contribution >= 0.6 is 0 Å². The summed E-state index contributed by atoms with van der Waals surface area (Å²) >= 11 is 0. The smallest absolute Gasteiger partial charge is 0.319 e. The quantitative estimate of drug-likeness (QED) is 0.775. The van der Waals surface area contributed by atoms with E-state index in [2.05, 4.69) is 10.6 Å². The van der Waals surface area contributed by atoms with Crippen LogP contribution in [0.4, 0.5) is 19.3 Å². The first-order valence-corrected chi connectivity index (χ1v) is 4.67. The lowest BCUT2D eigenvalue weighted by Gasteiger charge is -2.06. The van der Waals surface area contributed by atoms with Gasteiger partial charge in [-0.25, -0.2) is 13.6 Å². The predicted octanol–water partition coefficient (Wildman–Crippen LogP) is 2.25. The van der Waals surface area contributed by atoms with Gasteiger partial charge in [0.1, 0.15) is 11.6 Å². The van der Waals surface area contributed by atoms with Crippen LogP contribution < -0.4 is 10.6 Å². The van der Waals surface area contributed by atoms with E-state index in [9.17, 15) is 13.6 Å². The lowest BCUT2D eigenvalue weighted by Crippen LogP contribution is -2.30. The van der Waals surface area contributed by atoms with Crippen LogP contribution in [0.25, 0.3) is 0 Å². The summed E-state index contributed by atoms with van der Waals surface area (Å²) in [6, 6.07) is 2.67. The van der Waals surface area contributed by atoms with E-state index in [0.29, 0.717) is 0 Å². The molecule has 0 heterocycles. The Morgan fingerprint density at radius 3 is 2.33 bits per heavy atom. The maximum Gasteiger partial charge on any atom is 0.319 e. The van der Waals surface area contributed by atoms with E-state index in [4.69, 9.17) is 0 Å². The van der Waals surface area contributed by atoms with E-state index in [1.807, 2.05) is 0 Å². The van der Waals surface area contributed by atoms with Gasteiger partial charge in [-0.15, -0.1) is 0 Å². The molecule has 2 rings (SSSR count). The number of rotatable bonds is 2. The molecule has 0 spiro atoms. The molecular formula is C10H10F2N2O. The number of carbonyl (C=O) groups is 1. The maximum absolute atomic E-state index is 12.7. The first-order chi connectivity index (χ1) is 7.13. The molecule has 1 fully saturated rings. The van der Waals surface area contributed by atoms with Crippen LogP contribution in [0.1, 0.15) is 12.8 Å². The van der Waals surface area contributed by atoms with Crippen LogP contribution in [0.2, 0.25) is 0 Å². The number of benzene rings is 1. The van der Waals surface area contributed by atoms with Crippen molar-refractivity contribution in [2.75, 3.05) is 5.32 Å². The fourth-order valence-electron chi connectivity index (χ4n) is 1.21. The predicted molar refractivity (Wildman–Crippen MR) is 51.5 cm³/mol. The summed E-state index contributed by atoms with van der Waals surface area (Å²) in [5.41, 5.74) is 0.116. The fourth-order valence-corrected chi connectivity index (χ4v) is 1.21. The molecule has 0 saturated heterocycles. The molecule has 1 aromatic rings. The molecule has 2 amide bonds. The third-order valence-electron chi connectivity index (χ3n) is 2.03. The average molecular weight is 212 g/mol. The summed E-state index contributed by atoms with van der Waals surface area (Å²) in [6.07, 6.45) is 1.93. The van der Waals surface area contributed by atoms with Crippen molar-refractivity contribution in [3.63, 3.8) is 0 Å². The first kappa shape index (κ1) is 9.89. The number of nitrogens with one attached hydrogen (secondary N) is 2. The molecule has 80 valence electrons. The number of hydrogen-bond acceptors (Lipinski definition) is 1. The molecule has 1 aromatic carbocycles. The third-order valence-corrected chi connectivity index (χ3v) is 2.03. The summed E-state index contributed by atoms with van der Waals surface area (Å²) in [7, 11) is 0. The minimum absolute atomic E-state index is 0.116. The van der Waals surface area contributed by atoms with Crippen LogP contribution in [-0.4, -0.2) is 12.1 Å². The second kappa shape index (κ2) is 3.84. The molecule has 0 atom stereocenters. The SMILES string of the molecule is O=C(Nc1cc(F)cc(F)c1)NC1CC1. The van der Waals surface area contributed by atoms with E-state index < -0.39 is 17.7 Å². The van der Waals surface area contributed by atoms with Gasteiger partial charge in [-0.2, -0.15) is 0 Å². The summed E-state index contributed by atoms with van der Waals surface area (Å²) < 4.78 is 25.5. The molecule has 0 aromatic heterocycles. The summed E-state index contributed by atoms with van der Waals surface area (Å²) in [5, 5.41) is 5.01. The summed E-state index contributed by atoms with van der Waals surface area (Å²) in [6.45, 7) is 0. The normalized spacial score (nSPS) is 14.8. The van der Waals surface area contributed by atoms with Gasteiger partial charge in [-0.05, 0) is 25.0 Å². The van der Waals surface area contributed by atoms with Crippen LogP contribution in [0, 0.1) is 11.6 Å². The number of urea groups is 1. The topological polar surface area (TPSA) is 41.1 Å². The molecule has 3 nitrogen and oxygen atoms in total. The van der Waals surface area contributed by atoms with Crippen LogP contribution in [0.15, 0.2) is 18.2 Å². The molecule has 0 unspecified atom stereocenters. The van der Waals surface area contributed by atoms with Gasteiger partial charge in [-0.3, -0.25) is 0 Å². The Morgan fingerprint density at radius 1 is 1.20 bits per heavy atom. The Bertz CT molecular complexity index is 371. The zero-order chi connectivity index (χ0) is 10.8. The molecule has 5 heteroatoms. The molecule has 0 bridgehead atoms. The molecular weight excluding hydrogens is 202 g/mol. The Balaban J connectivity index is 1.99. The lowest BCUT2D eigenvalue weighted by molar-refractivity contribution is 0.251. The molecule has 1 aliphatic carbocycles. The van der Waals surface area contributed by atoms with E-state index in [1.54, 1.807) is 0 Å². The monoisotopic (exact) mass is 212 g/mol. The van der Waals surface area contributed by atoms with E-state index >= 15 is 0 Å². The van der Waals surface area contributed by atoms with E-state index in [1.165, 1.54) is 0 Å². The van der Waals surface area contributed by atoms with Crippen molar-refractivity contribution in [1.82, 2.24) is 5.32 Å². The molecule has 0 aliphatic heterocycles. The highest BCUT2D eigenvalue weighted by atomic mass is 19.1. The fraction of sp³-hybridized carbons (Fsp3) is 0.300. The number of halogens is 2. The van der Waals surface area contributed by atoms with Gasteiger partial charge in [0.25, 0.3) is 0 Å². The Morgan fingerprint density at radius 2 is 1.80 bits per heavy atom. The van der Waals surface area contributed by atoms with Crippen LogP contribution in [0.5, 0.6) is 0 Å². The summed E-state index contributed by atoms with van der Waals surface area (Å²) in [4.78, 5) is 11.2. The van der Waals surface area contributed by atoms with Crippen molar-refractivity contribution in [2.45, 2.75) is 18.9 Å². The molecule has 1 saturated carbocycles. The van der Waals surface area contributed by atoms with E-state index in [0.717, 1.165) is 31.0 Å². The highest BCUT2D eigenvalue weighted by Crippen LogP contribution is 2.19.